The van der Waals surface area contributed by atoms with Gasteiger partial charge in [0.15, 0.2) is 0 Å². The fourth-order valence-electron chi connectivity index (χ4n) is 2.72. The first-order valence-corrected chi connectivity index (χ1v) is 9.69. The fourth-order valence-corrected chi connectivity index (χ4v) is 3.02. The summed E-state index contributed by atoms with van der Waals surface area (Å²) in [5, 5.41) is 5.64. The van der Waals surface area contributed by atoms with Crippen molar-refractivity contribution in [2.75, 3.05) is 6.61 Å². The zero-order valence-electron chi connectivity index (χ0n) is 15.6. The third kappa shape index (κ3) is 4.66. The summed E-state index contributed by atoms with van der Waals surface area (Å²) in [6.45, 7) is 4.75. The second kappa shape index (κ2) is 9.13. The molecule has 1 atom stereocenters. The lowest BCUT2D eigenvalue weighted by molar-refractivity contribution is -0.151. The monoisotopic (exact) mass is 418 g/mol. The van der Waals surface area contributed by atoms with Gasteiger partial charge >= 0.3 is 5.97 Å². The third-order valence-corrected chi connectivity index (χ3v) is 4.59. The summed E-state index contributed by atoms with van der Waals surface area (Å²) in [6.07, 6.45) is 0.938. The van der Waals surface area contributed by atoms with Crippen molar-refractivity contribution in [3.8, 4) is 17.0 Å². The number of ether oxygens (including phenoxy) is 2. The van der Waals surface area contributed by atoms with Crippen molar-refractivity contribution in [2.45, 2.75) is 26.5 Å². The van der Waals surface area contributed by atoms with Crippen LogP contribution in [-0.4, -0.2) is 22.4 Å². The molecule has 0 N–H and O–H groups in total. The molecule has 3 rings (SSSR count). The Morgan fingerprint density at radius 3 is 2.43 bits per heavy atom. The SMILES string of the molecule is CCOC(=O)C(Oc1ccc(Cl)cc1-c1ccn(CC)n1)c1ccc(Cl)cc1. The Hall–Kier alpha value is -2.50. The van der Waals surface area contributed by atoms with E-state index in [0.29, 0.717) is 32.6 Å². The average molecular weight is 419 g/mol. The Morgan fingerprint density at radius 2 is 1.79 bits per heavy atom. The van der Waals surface area contributed by atoms with Gasteiger partial charge in [-0.15, -0.1) is 0 Å². The Morgan fingerprint density at radius 1 is 1.07 bits per heavy atom. The van der Waals surface area contributed by atoms with Gasteiger partial charge in [-0.25, -0.2) is 4.79 Å². The van der Waals surface area contributed by atoms with Gasteiger partial charge in [-0.3, -0.25) is 4.68 Å². The summed E-state index contributed by atoms with van der Waals surface area (Å²) in [7, 11) is 0. The van der Waals surface area contributed by atoms with Gasteiger partial charge in [0, 0.05) is 33.9 Å². The number of carbonyl (C=O) groups excluding carboxylic acids is 1. The van der Waals surface area contributed by atoms with E-state index in [1.54, 1.807) is 49.4 Å². The van der Waals surface area contributed by atoms with Gasteiger partial charge in [0.1, 0.15) is 5.75 Å². The van der Waals surface area contributed by atoms with Crippen molar-refractivity contribution in [3.05, 3.63) is 70.3 Å². The maximum atomic E-state index is 12.6. The smallest absolute Gasteiger partial charge is 0.352 e. The molecule has 5 nitrogen and oxygen atoms in total. The minimum Gasteiger partial charge on any atom is -0.473 e. The Labute approximate surface area is 173 Å². The number of aryl methyl sites for hydroxylation is 1. The van der Waals surface area contributed by atoms with Crippen LogP contribution < -0.4 is 4.74 Å². The van der Waals surface area contributed by atoms with Gasteiger partial charge in [0.25, 0.3) is 0 Å². The molecule has 1 unspecified atom stereocenters. The number of benzene rings is 2. The van der Waals surface area contributed by atoms with Crippen molar-refractivity contribution in [1.29, 1.82) is 0 Å². The number of esters is 1. The number of hydrogen-bond acceptors (Lipinski definition) is 4. The highest BCUT2D eigenvalue weighted by atomic mass is 35.5. The molecule has 0 radical (unpaired) electrons. The first-order valence-electron chi connectivity index (χ1n) is 8.94. The summed E-state index contributed by atoms with van der Waals surface area (Å²) >= 11 is 12.2. The summed E-state index contributed by atoms with van der Waals surface area (Å²) in [4.78, 5) is 12.6. The normalized spacial score (nSPS) is 11.9. The van der Waals surface area contributed by atoms with Gasteiger partial charge in [-0.2, -0.15) is 5.10 Å². The maximum Gasteiger partial charge on any atom is 0.352 e. The van der Waals surface area contributed by atoms with E-state index in [0.717, 1.165) is 6.54 Å². The molecule has 1 heterocycles. The van der Waals surface area contributed by atoms with Crippen LogP contribution in [-0.2, 0) is 16.1 Å². The van der Waals surface area contributed by atoms with Crippen LogP contribution in [0.15, 0.2) is 54.7 Å². The lowest BCUT2D eigenvalue weighted by atomic mass is 10.1. The third-order valence-electron chi connectivity index (χ3n) is 4.10. The predicted molar refractivity (Wildman–Crippen MR) is 110 cm³/mol. The first kappa shape index (κ1) is 20.2. The molecule has 3 aromatic rings. The standard InChI is InChI=1S/C21H20Cl2N2O3/c1-3-25-12-11-18(24-25)17-13-16(23)9-10-19(17)28-20(21(26)27-4-2)14-5-7-15(22)8-6-14/h5-13,20H,3-4H2,1-2H3. The molecule has 146 valence electrons. The number of carbonyl (C=O) groups is 1. The van der Waals surface area contributed by atoms with Gasteiger partial charge in [-0.1, -0.05) is 35.3 Å². The van der Waals surface area contributed by atoms with E-state index < -0.39 is 12.1 Å². The van der Waals surface area contributed by atoms with Gasteiger partial charge in [0.05, 0.1) is 12.3 Å². The number of nitrogens with zero attached hydrogens (tertiary/aromatic N) is 2. The topological polar surface area (TPSA) is 53.4 Å². The quantitative estimate of drug-likeness (QED) is 0.471. The van der Waals surface area contributed by atoms with E-state index in [-0.39, 0.29) is 6.61 Å². The first-order chi connectivity index (χ1) is 13.5. The number of aromatic nitrogens is 2. The second-order valence-electron chi connectivity index (χ2n) is 6.00. The minimum atomic E-state index is -0.939. The molecule has 0 fully saturated rings. The summed E-state index contributed by atoms with van der Waals surface area (Å²) < 4.78 is 13.1. The maximum absolute atomic E-state index is 12.6. The fraction of sp³-hybridized carbons (Fsp3) is 0.238. The molecule has 0 aliphatic heterocycles. The van der Waals surface area contributed by atoms with Crippen LogP contribution in [0.25, 0.3) is 11.3 Å². The Bertz CT molecular complexity index is 955. The summed E-state index contributed by atoms with van der Waals surface area (Å²) in [5.41, 5.74) is 2.05. The van der Waals surface area contributed by atoms with Gasteiger partial charge in [-0.05, 0) is 50.2 Å². The van der Waals surface area contributed by atoms with Crippen molar-refractivity contribution < 1.29 is 14.3 Å². The molecular formula is C21H20Cl2N2O3. The van der Waals surface area contributed by atoms with Crippen molar-refractivity contribution >= 4 is 29.2 Å². The number of halogens is 2. The molecule has 1 aromatic heterocycles. The molecule has 7 heteroatoms. The molecule has 0 bridgehead atoms. The molecule has 0 spiro atoms. The van der Waals surface area contributed by atoms with E-state index in [1.807, 2.05) is 23.9 Å². The summed E-state index contributed by atoms with van der Waals surface area (Å²) in [5.74, 6) is 0.00330. The van der Waals surface area contributed by atoms with E-state index >= 15 is 0 Å². The van der Waals surface area contributed by atoms with Gasteiger partial charge in [0.2, 0.25) is 6.10 Å². The molecule has 0 saturated heterocycles. The largest absolute Gasteiger partial charge is 0.473 e. The van der Waals surface area contributed by atoms with Crippen LogP contribution in [0, 0.1) is 0 Å². The van der Waals surface area contributed by atoms with E-state index in [1.165, 1.54) is 0 Å². The van der Waals surface area contributed by atoms with Crippen LogP contribution in [0.3, 0.4) is 0 Å². The second-order valence-corrected chi connectivity index (χ2v) is 6.87. The van der Waals surface area contributed by atoms with Crippen LogP contribution in [0.2, 0.25) is 10.0 Å². The lowest BCUT2D eigenvalue weighted by Gasteiger charge is -2.20. The Balaban J connectivity index is 2.00. The molecule has 0 aliphatic carbocycles. The highest BCUT2D eigenvalue weighted by molar-refractivity contribution is 6.31. The van der Waals surface area contributed by atoms with Crippen molar-refractivity contribution in [3.63, 3.8) is 0 Å². The van der Waals surface area contributed by atoms with Crippen molar-refractivity contribution in [2.24, 2.45) is 0 Å². The molecular weight excluding hydrogens is 399 g/mol. The predicted octanol–water partition coefficient (Wildman–Crippen LogP) is 5.56. The van der Waals surface area contributed by atoms with Crippen LogP contribution in [0.4, 0.5) is 0 Å². The zero-order chi connectivity index (χ0) is 20.1. The van der Waals surface area contributed by atoms with Crippen LogP contribution >= 0.6 is 23.2 Å². The van der Waals surface area contributed by atoms with Crippen molar-refractivity contribution in [1.82, 2.24) is 9.78 Å². The van der Waals surface area contributed by atoms with Crippen LogP contribution in [0.5, 0.6) is 5.75 Å². The highest BCUT2D eigenvalue weighted by Crippen LogP contribution is 2.35. The molecule has 0 saturated carbocycles. The Kier molecular flexibility index (Phi) is 6.60. The lowest BCUT2D eigenvalue weighted by Crippen LogP contribution is -2.21. The van der Waals surface area contributed by atoms with Gasteiger partial charge < -0.3 is 9.47 Å². The molecule has 2 aromatic carbocycles. The highest BCUT2D eigenvalue weighted by Gasteiger charge is 2.26. The molecule has 28 heavy (non-hydrogen) atoms. The average Bonchev–Trinajstić information content (AvgIpc) is 3.17. The molecule has 0 amide bonds. The van der Waals surface area contributed by atoms with E-state index in [9.17, 15) is 4.79 Å². The number of hydrogen-bond donors (Lipinski definition) is 0. The minimum absolute atomic E-state index is 0.251. The zero-order valence-corrected chi connectivity index (χ0v) is 17.1. The molecule has 0 aliphatic rings. The van der Waals surface area contributed by atoms with E-state index in [4.69, 9.17) is 32.7 Å². The van der Waals surface area contributed by atoms with E-state index in [2.05, 4.69) is 5.10 Å². The van der Waals surface area contributed by atoms with Crippen LogP contribution in [0.1, 0.15) is 25.5 Å². The number of rotatable bonds is 7. The summed E-state index contributed by atoms with van der Waals surface area (Å²) in [6, 6.07) is 14.0.